The van der Waals surface area contributed by atoms with Crippen molar-refractivity contribution in [3.63, 3.8) is 0 Å². The number of rotatable bonds is 4. The maximum atomic E-state index is 6.67. The van der Waals surface area contributed by atoms with Crippen LogP contribution in [0.15, 0.2) is 156 Å². The molecule has 0 aliphatic carbocycles. The van der Waals surface area contributed by atoms with Gasteiger partial charge in [-0.05, 0) is 46.8 Å². The third-order valence-corrected chi connectivity index (χ3v) is 10.3. The van der Waals surface area contributed by atoms with Crippen LogP contribution in [0.2, 0.25) is 0 Å². The number of thiophene rings is 1. The zero-order valence-electron chi connectivity index (χ0n) is 25.6. The van der Waals surface area contributed by atoms with Crippen molar-refractivity contribution in [2.45, 2.75) is 0 Å². The molecule has 0 amide bonds. The van der Waals surface area contributed by atoms with Crippen LogP contribution in [0.4, 0.5) is 0 Å². The van der Waals surface area contributed by atoms with Crippen LogP contribution in [0.5, 0.6) is 0 Å². The monoisotopic (exact) mass is 631 g/mol. The van der Waals surface area contributed by atoms with E-state index in [-0.39, 0.29) is 0 Å². The molecule has 0 bridgehead atoms. The molecule has 0 N–H and O–H groups in total. The molecule has 48 heavy (non-hydrogen) atoms. The predicted octanol–water partition coefficient (Wildman–Crippen LogP) is 12.0. The van der Waals surface area contributed by atoms with Crippen LogP contribution >= 0.6 is 11.3 Å². The molecular weight excluding hydrogens is 607 g/mol. The van der Waals surface area contributed by atoms with Gasteiger partial charge in [0.1, 0.15) is 11.2 Å². The van der Waals surface area contributed by atoms with Gasteiger partial charge in [0, 0.05) is 53.0 Å². The first-order valence-electron chi connectivity index (χ1n) is 15.9. The Morgan fingerprint density at radius 3 is 1.92 bits per heavy atom. The van der Waals surface area contributed by atoms with Crippen LogP contribution in [-0.2, 0) is 0 Å². The number of para-hydroxylation sites is 1. The van der Waals surface area contributed by atoms with E-state index >= 15 is 0 Å². The zero-order valence-corrected chi connectivity index (χ0v) is 26.4. The second-order valence-electron chi connectivity index (χ2n) is 12.0. The van der Waals surface area contributed by atoms with Crippen molar-refractivity contribution in [2.24, 2.45) is 0 Å². The summed E-state index contributed by atoms with van der Waals surface area (Å²) in [5.41, 5.74) is 6.81. The number of hydrogen-bond acceptors (Lipinski definition) is 5. The van der Waals surface area contributed by atoms with E-state index in [1.807, 2.05) is 36.4 Å². The van der Waals surface area contributed by atoms with Gasteiger partial charge in [-0.15, -0.1) is 11.3 Å². The topological polar surface area (TPSA) is 51.8 Å². The fourth-order valence-electron chi connectivity index (χ4n) is 6.89. The molecule has 224 valence electrons. The van der Waals surface area contributed by atoms with Crippen molar-refractivity contribution < 1.29 is 4.42 Å². The molecule has 3 heterocycles. The molecule has 0 fully saturated rings. The summed E-state index contributed by atoms with van der Waals surface area (Å²) in [4.78, 5) is 15.6. The summed E-state index contributed by atoms with van der Waals surface area (Å²) in [5, 5.41) is 6.52. The smallest absolute Gasteiger partial charge is 0.164 e. The van der Waals surface area contributed by atoms with Gasteiger partial charge in [0.25, 0.3) is 0 Å². The molecule has 0 aliphatic heterocycles. The lowest BCUT2D eigenvalue weighted by atomic mass is 9.96. The molecule has 10 aromatic rings. The highest BCUT2D eigenvalue weighted by molar-refractivity contribution is 7.25. The summed E-state index contributed by atoms with van der Waals surface area (Å²) in [7, 11) is 0. The van der Waals surface area contributed by atoms with Crippen molar-refractivity contribution in [1.82, 2.24) is 15.0 Å². The molecule has 0 atom stereocenters. The highest BCUT2D eigenvalue weighted by Crippen LogP contribution is 2.43. The quantitative estimate of drug-likeness (QED) is 0.194. The highest BCUT2D eigenvalue weighted by Gasteiger charge is 2.22. The van der Waals surface area contributed by atoms with Gasteiger partial charge in [0.2, 0.25) is 0 Å². The van der Waals surface area contributed by atoms with Gasteiger partial charge in [0.15, 0.2) is 17.5 Å². The SMILES string of the molecule is c1ccc(-c2ccc3cc(-c4nc(-c5ccccc5)nc(-c5cccc6sc7ccccc7c56)n4)c4c5ccccc5oc4c3c2)cc1. The molecule has 0 unspecified atom stereocenters. The van der Waals surface area contributed by atoms with Crippen LogP contribution in [0.3, 0.4) is 0 Å². The van der Waals surface area contributed by atoms with E-state index in [0.29, 0.717) is 17.5 Å². The van der Waals surface area contributed by atoms with Crippen LogP contribution in [0, 0.1) is 0 Å². The van der Waals surface area contributed by atoms with Crippen molar-refractivity contribution in [3.05, 3.63) is 152 Å². The van der Waals surface area contributed by atoms with Crippen molar-refractivity contribution in [1.29, 1.82) is 0 Å². The maximum Gasteiger partial charge on any atom is 0.164 e. The Morgan fingerprint density at radius 2 is 1.08 bits per heavy atom. The predicted molar refractivity (Wildman–Crippen MR) is 199 cm³/mol. The van der Waals surface area contributed by atoms with Crippen molar-refractivity contribution >= 4 is 64.2 Å². The number of nitrogens with zero attached hydrogens (tertiary/aromatic N) is 3. The highest BCUT2D eigenvalue weighted by atomic mass is 32.1. The van der Waals surface area contributed by atoms with E-state index in [0.717, 1.165) is 60.5 Å². The number of fused-ring (bicyclic) bond motifs is 8. The average molecular weight is 632 g/mol. The Morgan fingerprint density at radius 1 is 0.417 bits per heavy atom. The Balaban J connectivity index is 1.29. The minimum Gasteiger partial charge on any atom is -0.455 e. The normalized spacial score (nSPS) is 11.8. The van der Waals surface area contributed by atoms with E-state index in [4.69, 9.17) is 19.4 Å². The van der Waals surface area contributed by atoms with Crippen LogP contribution in [0.1, 0.15) is 0 Å². The summed E-state index contributed by atoms with van der Waals surface area (Å²) in [6.07, 6.45) is 0. The first-order valence-corrected chi connectivity index (χ1v) is 16.8. The van der Waals surface area contributed by atoms with Gasteiger partial charge in [-0.25, -0.2) is 15.0 Å². The fourth-order valence-corrected chi connectivity index (χ4v) is 8.02. The van der Waals surface area contributed by atoms with E-state index in [1.54, 1.807) is 11.3 Å². The number of aromatic nitrogens is 3. The Bertz CT molecular complexity index is 2840. The minimum absolute atomic E-state index is 0.612. The van der Waals surface area contributed by atoms with Gasteiger partial charge in [0.05, 0.1) is 0 Å². The standard InChI is InChI=1S/C43H25N3OS/c1-3-12-26(13-4-1)28-22-23-29-25-34(39-30-16-7-9-19-35(30)47-40(39)33(29)24-28)43-45-41(27-14-5-2-6-15-27)44-42(46-43)32-18-11-21-37-38(32)31-17-8-10-20-36(31)48-37/h1-25H. The van der Waals surface area contributed by atoms with Gasteiger partial charge in [-0.1, -0.05) is 121 Å². The number of furan rings is 1. The second kappa shape index (κ2) is 10.7. The summed E-state index contributed by atoms with van der Waals surface area (Å²) in [6, 6.07) is 52.6. The van der Waals surface area contributed by atoms with Gasteiger partial charge < -0.3 is 4.42 Å². The fraction of sp³-hybridized carbons (Fsp3) is 0. The lowest BCUT2D eigenvalue weighted by molar-refractivity contribution is 0.672. The average Bonchev–Trinajstić information content (AvgIpc) is 3.74. The van der Waals surface area contributed by atoms with Crippen molar-refractivity contribution in [2.75, 3.05) is 0 Å². The first kappa shape index (κ1) is 27.0. The Hall–Kier alpha value is -6.17. The summed E-state index contributed by atoms with van der Waals surface area (Å²) >= 11 is 1.79. The number of benzene rings is 7. The first-order chi connectivity index (χ1) is 23.8. The van der Waals surface area contributed by atoms with Crippen LogP contribution in [-0.4, -0.2) is 15.0 Å². The molecule has 0 spiro atoms. The van der Waals surface area contributed by atoms with Crippen LogP contribution in [0.25, 0.3) is 98.2 Å². The molecule has 0 radical (unpaired) electrons. The van der Waals surface area contributed by atoms with Gasteiger partial charge in [-0.3, -0.25) is 0 Å². The lowest BCUT2D eigenvalue weighted by Crippen LogP contribution is -2.01. The van der Waals surface area contributed by atoms with E-state index in [1.165, 1.54) is 20.2 Å². The molecule has 0 aliphatic rings. The van der Waals surface area contributed by atoms with Crippen LogP contribution < -0.4 is 0 Å². The third kappa shape index (κ3) is 4.25. The van der Waals surface area contributed by atoms with Gasteiger partial charge >= 0.3 is 0 Å². The number of hydrogen-bond donors (Lipinski definition) is 0. The largest absolute Gasteiger partial charge is 0.455 e. The Labute approximate surface area is 279 Å². The minimum atomic E-state index is 0.612. The zero-order chi connectivity index (χ0) is 31.6. The summed E-state index contributed by atoms with van der Waals surface area (Å²) < 4.78 is 9.13. The third-order valence-electron chi connectivity index (χ3n) is 9.12. The molecule has 4 nitrogen and oxygen atoms in total. The molecule has 3 aromatic heterocycles. The summed E-state index contributed by atoms with van der Waals surface area (Å²) in [6.45, 7) is 0. The van der Waals surface area contributed by atoms with Gasteiger partial charge in [-0.2, -0.15) is 0 Å². The molecule has 10 rings (SSSR count). The molecule has 5 heteroatoms. The van der Waals surface area contributed by atoms with E-state index < -0.39 is 0 Å². The van der Waals surface area contributed by atoms with E-state index in [9.17, 15) is 0 Å². The van der Waals surface area contributed by atoms with E-state index in [2.05, 4.69) is 115 Å². The molecule has 0 saturated carbocycles. The molecule has 0 saturated heterocycles. The second-order valence-corrected chi connectivity index (χ2v) is 13.1. The maximum absolute atomic E-state index is 6.67. The van der Waals surface area contributed by atoms with Crippen molar-refractivity contribution in [3.8, 4) is 45.3 Å². The Kier molecular flexibility index (Phi) is 6.01. The lowest BCUT2D eigenvalue weighted by Gasteiger charge is -2.12. The summed E-state index contributed by atoms with van der Waals surface area (Å²) in [5.74, 6) is 1.89. The molecular formula is C43H25N3OS. The molecule has 7 aromatic carbocycles.